The van der Waals surface area contributed by atoms with Crippen molar-refractivity contribution < 1.29 is 19.1 Å². The standard InChI is InChI=1S/C21H21NO4/c1-13(2)12-25-15-9-10-16(18(23)11-15)21-20(14(3)22-26-21)17-7-5-6-8-19(17)24-4/h5-11,23H,1,12H2,2-4H3. The Hall–Kier alpha value is -3.21. The van der Waals surface area contributed by atoms with Crippen LogP contribution in [0.4, 0.5) is 0 Å². The lowest BCUT2D eigenvalue weighted by atomic mass is 9.98. The molecule has 134 valence electrons. The number of ether oxygens (including phenoxy) is 2. The summed E-state index contributed by atoms with van der Waals surface area (Å²) in [5.41, 5.74) is 3.79. The van der Waals surface area contributed by atoms with Gasteiger partial charge in [0.25, 0.3) is 0 Å². The number of hydrogen-bond donors (Lipinski definition) is 1. The fourth-order valence-electron chi connectivity index (χ4n) is 2.72. The van der Waals surface area contributed by atoms with Crippen LogP contribution in [0.2, 0.25) is 0 Å². The first-order chi connectivity index (χ1) is 12.5. The van der Waals surface area contributed by atoms with Gasteiger partial charge >= 0.3 is 0 Å². The molecule has 0 aliphatic carbocycles. The SMILES string of the molecule is C=C(C)COc1ccc(-c2onc(C)c2-c2ccccc2OC)c(O)c1. The number of methoxy groups -OCH3 is 1. The lowest BCUT2D eigenvalue weighted by molar-refractivity contribution is 0.349. The first kappa shape index (κ1) is 17.6. The average molecular weight is 351 g/mol. The predicted octanol–water partition coefficient (Wildman–Crippen LogP) is 4.99. The van der Waals surface area contributed by atoms with Crippen molar-refractivity contribution in [2.75, 3.05) is 13.7 Å². The molecule has 0 radical (unpaired) electrons. The van der Waals surface area contributed by atoms with Crippen LogP contribution in [0.3, 0.4) is 0 Å². The number of benzene rings is 2. The van der Waals surface area contributed by atoms with Gasteiger partial charge in [-0.25, -0.2) is 0 Å². The molecule has 0 spiro atoms. The fourth-order valence-corrected chi connectivity index (χ4v) is 2.72. The lowest BCUT2D eigenvalue weighted by Crippen LogP contribution is -1.97. The second-order valence-electron chi connectivity index (χ2n) is 6.10. The Morgan fingerprint density at radius 1 is 1.19 bits per heavy atom. The maximum Gasteiger partial charge on any atom is 0.178 e. The molecule has 3 aromatic rings. The van der Waals surface area contributed by atoms with E-state index in [1.54, 1.807) is 25.3 Å². The van der Waals surface area contributed by atoms with E-state index in [2.05, 4.69) is 11.7 Å². The molecule has 0 bridgehead atoms. The van der Waals surface area contributed by atoms with Crippen LogP contribution in [0.5, 0.6) is 17.2 Å². The van der Waals surface area contributed by atoms with Gasteiger partial charge in [-0.1, -0.05) is 29.9 Å². The third kappa shape index (κ3) is 3.42. The predicted molar refractivity (Wildman–Crippen MR) is 101 cm³/mol. The number of phenols is 1. The van der Waals surface area contributed by atoms with Crippen LogP contribution in [-0.4, -0.2) is 24.0 Å². The number of aromatic nitrogens is 1. The first-order valence-corrected chi connectivity index (χ1v) is 8.21. The third-order valence-electron chi connectivity index (χ3n) is 3.94. The highest BCUT2D eigenvalue weighted by molar-refractivity contribution is 5.86. The van der Waals surface area contributed by atoms with Crippen molar-refractivity contribution in [3.63, 3.8) is 0 Å². The van der Waals surface area contributed by atoms with Crippen LogP contribution >= 0.6 is 0 Å². The van der Waals surface area contributed by atoms with Crippen molar-refractivity contribution in [1.29, 1.82) is 0 Å². The van der Waals surface area contributed by atoms with Gasteiger partial charge in [0.15, 0.2) is 5.76 Å². The van der Waals surface area contributed by atoms with Gasteiger partial charge in [-0.3, -0.25) is 0 Å². The molecule has 0 atom stereocenters. The fraction of sp³-hybridized carbons (Fsp3) is 0.190. The molecule has 1 N–H and O–H groups in total. The zero-order chi connectivity index (χ0) is 18.7. The molecular weight excluding hydrogens is 330 g/mol. The Morgan fingerprint density at radius 3 is 2.65 bits per heavy atom. The van der Waals surface area contributed by atoms with E-state index in [1.807, 2.05) is 38.1 Å². The minimum Gasteiger partial charge on any atom is -0.507 e. The number of para-hydroxylation sites is 1. The van der Waals surface area contributed by atoms with E-state index >= 15 is 0 Å². The molecule has 3 rings (SSSR count). The molecule has 1 heterocycles. The van der Waals surface area contributed by atoms with E-state index in [-0.39, 0.29) is 5.75 Å². The van der Waals surface area contributed by atoms with Crippen LogP contribution in [0, 0.1) is 6.92 Å². The number of rotatable bonds is 6. The summed E-state index contributed by atoms with van der Waals surface area (Å²) < 4.78 is 16.6. The molecule has 0 fully saturated rings. The van der Waals surface area contributed by atoms with Crippen LogP contribution in [0.25, 0.3) is 22.5 Å². The largest absolute Gasteiger partial charge is 0.507 e. The van der Waals surface area contributed by atoms with Crippen LogP contribution in [-0.2, 0) is 0 Å². The van der Waals surface area contributed by atoms with Crippen molar-refractivity contribution in [3.05, 3.63) is 60.3 Å². The number of nitrogens with zero attached hydrogens (tertiary/aromatic N) is 1. The molecule has 0 saturated heterocycles. The van der Waals surface area contributed by atoms with Gasteiger partial charge in [0.1, 0.15) is 23.9 Å². The monoisotopic (exact) mass is 351 g/mol. The molecule has 0 unspecified atom stereocenters. The van der Waals surface area contributed by atoms with Crippen molar-refractivity contribution >= 4 is 0 Å². The zero-order valence-corrected chi connectivity index (χ0v) is 15.1. The summed E-state index contributed by atoms with van der Waals surface area (Å²) in [6.45, 7) is 7.93. The number of hydrogen-bond acceptors (Lipinski definition) is 5. The van der Waals surface area contributed by atoms with E-state index in [0.717, 1.165) is 16.7 Å². The lowest BCUT2D eigenvalue weighted by Gasteiger charge is -2.11. The van der Waals surface area contributed by atoms with Crippen LogP contribution < -0.4 is 9.47 Å². The quantitative estimate of drug-likeness (QED) is 0.634. The van der Waals surface area contributed by atoms with Crippen molar-refractivity contribution in [2.45, 2.75) is 13.8 Å². The normalized spacial score (nSPS) is 10.6. The van der Waals surface area contributed by atoms with Gasteiger partial charge in [-0.05, 0) is 37.6 Å². The molecule has 5 heteroatoms. The van der Waals surface area contributed by atoms with Crippen LogP contribution in [0.15, 0.2) is 59.1 Å². The molecule has 0 amide bonds. The topological polar surface area (TPSA) is 64.7 Å². The molecule has 2 aromatic carbocycles. The summed E-state index contributed by atoms with van der Waals surface area (Å²) in [6, 6.07) is 12.7. The zero-order valence-electron chi connectivity index (χ0n) is 15.1. The molecule has 0 saturated carbocycles. The van der Waals surface area contributed by atoms with Crippen molar-refractivity contribution in [1.82, 2.24) is 5.16 Å². The van der Waals surface area contributed by atoms with E-state index in [1.165, 1.54) is 0 Å². The van der Waals surface area contributed by atoms with Gasteiger partial charge in [-0.15, -0.1) is 0 Å². The average Bonchev–Trinajstić information content (AvgIpc) is 3.01. The molecule has 0 aliphatic heterocycles. The second kappa shape index (κ2) is 7.35. The summed E-state index contributed by atoms with van der Waals surface area (Å²) in [6.07, 6.45) is 0. The summed E-state index contributed by atoms with van der Waals surface area (Å²) in [5, 5.41) is 14.6. The number of phenolic OH excluding ortho intramolecular Hbond substituents is 1. The summed E-state index contributed by atoms with van der Waals surface area (Å²) >= 11 is 0. The Kier molecular flexibility index (Phi) is 4.98. The van der Waals surface area contributed by atoms with Gasteiger partial charge in [0.05, 0.1) is 23.9 Å². The van der Waals surface area contributed by atoms with Gasteiger partial charge in [-0.2, -0.15) is 0 Å². The van der Waals surface area contributed by atoms with E-state index in [9.17, 15) is 5.11 Å². The van der Waals surface area contributed by atoms with E-state index < -0.39 is 0 Å². The maximum absolute atomic E-state index is 10.5. The smallest absolute Gasteiger partial charge is 0.178 e. The highest BCUT2D eigenvalue weighted by Gasteiger charge is 2.22. The third-order valence-corrected chi connectivity index (χ3v) is 3.94. The number of aryl methyl sites for hydroxylation is 1. The van der Waals surface area contributed by atoms with Crippen molar-refractivity contribution in [2.24, 2.45) is 0 Å². The second-order valence-corrected chi connectivity index (χ2v) is 6.10. The molecule has 1 aromatic heterocycles. The van der Waals surface area contributed by atoms with Gasteiger partial charge < -0.3 is 19.1 Å². The van der Waals surface area contributed by atoms with Gasteiger partial charge in [0.2, 0.25) is 0 Å². The Bertz CT molecular complexity index is 943. The molecule has 26 heavy (non-hydrogen) atoms. The van der Waals surface area contributed by atoms with Crippen LogP contribution in [0.1, 0.15) is 12.6 Å². The Labute approximate surface area is 152 Å². The minimum absolute atomic E-state index is 0.0523. The minimum atomic E-state index is 0.0523. The molecular formula is C21H21NO4. The maximum atomic E-state index is 10.5. The highest BCUT2D eigenvalue weighted by atomic mass is 16.5. The summed E-state index contributed by atoms with van der Waals surface area (Å²) in [5.74, 6) is 1.80. The number of aromatic hydroxyl groups is 1. The molecule has 5 nitrogen and oxygen atoms in total. The first-order valence-electron chi connectivity index (χ1n) is 8.21. The Morgan fingerprint density at radius 2 is 1.96 bits per heavy atom. The van der Waals surface area contributed by atoms with Gasteiger partial charge in [0, 0.05) is 11.6 Å². The highest BCUT2D eigenvalue weighted by Crippen LogP contribution is 2.42. The van der Waals surface area contributed by atoms with E-state index in [4.69, 9.17) is 14.0 Å². The van der Waals surface area contributed by atoms with E-state index in [0.29, 0.717) is 35.1 Å². The van der Waals surface area contributed by atoms with Crippen molar-refractivity contribution in [3.8, 4) is 39.7 Å². The molecule has 0 aliphatic rings. The Balaban J connectivity index is 2.05. The summed E-state index contributed by atoms with van der Waals surface area (Å²) in [7, 11) is 1.62. The summed E-state index contributed by atoms with van der Waals surface area (Å²) in [4.78, 5) is 0.